The molecule has 3 rings (SSSR count). The molecule has 0 aromatic rings. The van der Waals surface area contributed by atoms with E-state index in [1.54, 1.807) is 6.08 Å². The van der Waals surface area contributed by atoms with Crippen molar-refractivity contribution in [3.05, 3.63) is 24.0 Å². The molecule has 1 saturated heterocycles. The second kappa shape index (κ2) is 7.06. The van der Waals surface area contributed by atoms with E-state index in [9.17, 15) is 30.6 Å². The largest absolute Gasteiger partial charge is 0.472 e. The Hall–Kier alpha value is -1.04. The molecule has 2 heterocycles. The molecule has 0 saturated carbocycles. The van der Waals surface area contributed by atoms with Crippen LogP contribution in [0.1, 0.15) is 0 Å². The van der Waals surface area contributed by atoms with Gasteiger partial charge in [0.1, 0.15) is 24.4 Å². The maximum atomic E-state index is 10.0. The quantitative estimate of drug-likeness (QED) is 0.297. The average Bonchev–Trinajstić information content (AvgIpc) is 2.92. The number of hydrogen-bond acceptors (Lipinski definition) is 9. The van der Waals surface area contributed by atoms with Gasteiger partial charge in [0.2, 0.25) is 6.29 Å². The highest BCUT2D eigenvalue weighted by Crippen LogP contribution is 2.40. The molecule has 24 heavy (non-hydrogen) atoms. The summed E-state index contributed by atoms with van der Waals surface area (Å²) in [5, 5.41) is 58.3. The van der Waals surface area contributed by atoms with Crippen LogP contribution in [0.15, 0.2) is 24.0 Å². The number of aliphatic hydroxyl groups excluding tert-OH is 6. The summed E-state index contributed by atoms with van der Waals surface area (Å²) in [6.07, 6.45) is -4.27. The number of hydrogen-bond donors (Lipinski definition) is 6. The molecule has 0 amide bonds. The van der Waals surface area contributed by atoms with Crippen LogP contribution in [-0.2, 0) is 14.2 Å². The molecule has 3 aliphatic rings. The minimum Gasteiger partial charge on any atom is -0.472 e. The van der Waals surface area contributed by atoms with E-state index in [1.807, 2.05) is 0 Å². The number of aliphatic hydroxyl groups is 6. The molecule has 1 fully saturated rings. The Bertz CT molecular complexity index is 505. The molecule has 0 bridgehead atoms. The lowest BCUT2D eigenvalue weighted by Gasteiger charge is -2.42. The van der Waals surface area contributed by atoms with Gasteiger partial charge in [-0.15, -0.1) is 0 Å². The fourth-order valence-corrected chi connectivity index (χ4v) is 3.38. The van der Waals surface area contributed by atoms with E-state index >= 15 is 0 Å². The van der Waals surface area contributed by atoms with Crippen molar-refractivity contribution in [1.29, 1.82) is 0 Å². The van der Waals surface area contributed by atoms with Gasteiger partial charge in [-0.25, -0.2) is 0 Å². The third-order valence-electron chi connectivity index (χ3n) is 4.73. The summed E-state index contributed by atoms with van der Waals surface area (Å²) in [7, 11) is 0. The lowest BCUT2D eigenvalue weighted by molar-refractivity contribution is -0.339. The van der Waals surface area contributed by atoms with Gasteiger partial charge in [0.05, 0.1) is 31.5 Å². The summed E-state index contributed by atoms with van der Waals surface area (Å²) < 4.78 is 16.3. The van der Waals surface area contributed by atoms with Crippen molar-refractivity contribution in [2.75, 3.05) is 13.2 Å². The molecule has 9 nitrogen and oxygen atoms in total. The molecule has 9 heteroatoms. The van der Waals surface area contributed by atoms with Crippen LogP contribution in [0.2, 0.25) is 0 Å². The van der Waals surface area contributed by atoms with Crippen LogP contribution in [-0.4, -0.2) is 87.0 Å². The van der Waals surface area contributed by atoms with Gasteiger partial charge < -0.3 is 44.8 Å². The van der Waals surface area contributed by atoms with Gasteiger partial charge in [0, 0.05) is 5.92 Å². The van der Waals surface area contributed by atoms with Crippen molar-refractivity contribution in [3.8, 4) is 0 Å². The van der Waals surface area contributed by atoms with Gasteiger partial charge >= 0.3 is 0 Å². The lowest BCUT2D eigenvalue weighted by atomic mass is 9.88. The van der Waals surface area contributed by atoms with E-state index in [2.05, 4.69) is 0 Å². The number of fused-ring (bicyclic) bond motifs is 1. The van der Waals surface area contributed by atoms with Gasteiger partial charge in [0.25, 0.3) is 0 Å². The van der Waals surface area contributed by atoms with E-state index in [4.69, 9.17) is 14.2 Å². The molecule has 0 spiro atoms. The maximum Gasteiger partial charge on any atom is 0.209 e. The van der Waals surface area contributed by atoms with Crippen molar-refractivity contribution >= 4 is 0 Å². The number of ether oxygens (including phenoxy) is 3. The first-order chi connectivity index (χ1) is 11.5. The zero-order chi connectivity index (χ0) is 17.4. The SMILES string of the molecule is OCC1=C[C@@H](O)[C@@H]2C=CO[C@@H](O[C@@H]3O[C@H](CO)[C@@H](O)[C@H](O)[C@H]3O)[C@@H]12. The Balaban J connectivity index is 1.75. The Morgan fingerprint density at radius 3 is 2.42 bits per heavy atom. The van der Waals surface area contributed by atoms with E-state index in [-0.39, 0.29) is 12.5 Å². The van der Waals surface area contributed by atoms with Crippen LogP contribution < -0.4 is 0 Å². The fourth-order valence-electron chi connectivity index (χ4n) is 3.38. The Morgan fingerprint density at radius 2 is 1.75 bits per heavy atom. The third kappa shape index (κ3) is 2.98. The molecule has 0 aromatic carbocycles. The normalized spacial score (nSPS) is 47.9. The molecule has 9 atom stereocenters. The summed E-state index contributed by atoms with van der Waals surface area (Å²) >= 11 is 0. The first-order valence-corrected chi connectivity index (χ1v) is 7.75. The van der Waals surface area contributed by atoms with Gasteiger partial charge in [-0.05, 0) is 11.6 Å². The summed E-state index contributed by atoms with van der Waals surface area (Å²) in [6.45, 7) is -0.854. The van der Waals surface area contributed by atoms with Gasteiger partial charge in [-0.1, -0.05) is 6.08 Å². The summed E-state index contributed by atoms with van der Waals surface area (Å²) in [5.74, 6) is -0.835. The second-order valence-electron chi connectivity index (χ2n) is 6.16. The Morgan fingerprint density at radius 1 is 1.00 bits per heavy atom. The molecule has 6 N–H and O–H groups in total. The smallest absolute Gasteiger partial charge is 0.209 e. The van der Waals surface area contributed by atoms with Gasteiger partial charge in [-0.3, -0.25) is 0 Å². The molecular weight excluding hydrogens is 324 g/mol. The van der Waals surface area contributed by atoms with Crippen molar-refractivity contribution in [1.82, 2.24) is 0 Å². The van der Waals surface area contributed by atoms with E-state index in [0.29, 0.717) is 5.57 Å². The van der Waals surface area contributed by atoms with Crippen molar-refractivity contribution in [2.24, 2.45) is 11.8 Å². The summed E-state index contributed by atoms with van der Waals surface area (Å²) in [5.41, 5.74) is 0.534. The standard InChI is InChI=1S/C15H22O9/c16-4-6-3-8(18)7-1-2-22-14(10(6)7)24-15-13(21)12(20)11(19)9(5-17)23-15/h1-3,7-21H,4-5H2/t7-,8+,9+,10-,11+,12-,13+,14-,15-/m0/s1. The zero-order valence-electron chi connectivity index (χ0n) is 12.8. The summed E-state index contributed by atoms with van der Waals surface area (Å²) in [4.78, 5) is 0. The Kier molecular flexibility index (Phi) is 5.23. The van der Waals surface area contributed by atoms with E-state index in [0.717, 1.165) is 0 Å². The van der Waals surface area contributed by atoms with Crippen molar-refractivity contribution in [2.45, 2.75) is 43.1 Å². The van der Waals surface area contributed by atoms with Crippen molar-refractivity contribution < 1.29 is 44.8 Å². The molecule has 0 radical (unpaired) electrons. The van der Waals surface area contributed by atoms with Crippen molar-refractivity contribution in [3.63, 3.8) is 0 Å². The van der Waals surface area contributed by atoms with Gasteiger partial charge in [0.15, 0.2) is 6.29 Å². The highest BCUT2D eigenvalue weighted by atomic mass is 16.8. The average molecular weight is 346 g/mol. The molecular formula is C15H22O9. The Labute approximate surface area is 138 Å². The lowest BCUT2D eigenvalue weighted by Crippen LogP contribution is -2.60. The van der Waals surface area contributed by atoms with E-state index in [1.165, 1.54) is 12.3 Å². The first kappa shape index (κ1) is 17.8. The molecule has 2 aliphatic heterocycles. The number of rotatable bonds is 4. The van der Waals surface area contributed by atoms with Crippen LogP contribution in [0.5, 0.6) is 0 Å². The maximum absolute atomic E-state index is 10.0. The van der Waals surface area contributed by atoms with Crippen LogP contribution in [0.4, 0.5) is 0 Å². The molecule has 0 aromatic heterocycles. The van der Waals surface area contributed by atoms with Crippen LogP contribution >= 0.6 is 0 Å². The molecule has 0 unspecified atom stereocenters. The van der Waals surface area contributed by atoms with Crippen LogP contribution in [0, 0.1) is 11.8 Å². The first-order valence-electron chi connectivity index (χ1n) is 7.75. The second-order valence-corrected chi connectivity index (χ2v) is 6.16. The minimum atomic E-state index is -1.56. The third-order valence-corrected chi connectivity index (χ3v) is 4.73. The van der Waals surface area contributed by atoms with Crippen LogP contribution in [0.3, 0.4) is 0 Å². The highest BCUT2D eigenvalue weighted by Gasteiger charge is 2.49. The van der Waals surface area contributed by atoms with E-state index < -0.39 is 55.6 Å². The predicted octanol–water partition coefficient (Wildman–Crippen LogP) is -2.80. The monoisotopic (exact) mass is 346 g/mol. The molecule has 1 aliphatic carbocycles. The summed E-state index contributed by atoms with van der Waals surface area (Å²) in [6, 6.07) is 0. The van der Waals surface area contributed by atoms with Gasteiger partial charge in [-0.2, -0.15) is 0 Å². The highest BCUT2D eigenvalue weighted by molar-refractivity contribution is 5.25. The van der Waals surface area contributed by atoms with Crippen LogP contribution in [0.25, 0.3) is 0 Å². The predicted molar refractivity (Wildman–Crippen MR) is 77.0 cm³/mol. The molecule has 136 valence electrons. The fraction of sp³-hybridized carbons (Fsp3) is 0.733. The topological polar surface area (TPSA) is 149 Å². The zero-order valence-corrected chi connectivity index (χ0v) is 12.8. The minimum absolute atomic E-state index is 0.288.